The van der Waals surface area contributed by atoms with Crippen LogP contribution in [0.5, 0.6) is 0 Å². The molecule has 2 rings (SSSR count). The number of hydrogen-bond donors (Lipinski definition) is 1. The molecule has 1 atom stereocenters. The van der Waals surface area contributed by atoms with Crippen molar-refractivity contribution >= 4 is 5.91 Å². The van der Waals surface area contributed by atoms with E-state index in [2.05, 4.69) is 10.4 Å². The third-order valence-electron chi connectivity index (χ3n) is 3.57. The Morgan fingerprint density at radius 1 is 1.25 bits per heavy atom. The number of halogens is 1. The zero-order chi connectivity index (χ0) is 17.7. The Hall–Kier alpha value is -2.54. The first-order chi connectivity index (χ1) is 11.4. The first-order valence-electron chi connectivity index (χ1n) is 7.66. The van der Waals surface area contributed by atoms with Crippen LogP contribution in [-0.2, 0) is 4.79 Å². The molecule has 24 heavy (non-hydrogen) atoms. The van der Waals surface area contributed by atoms with Crippen molar-refractivity contribution in [2.24, 2.45) is 0 Å². The normalized spacial score (nSPS) is 12.2. The average molecular weight is 332 g/mol. The van der Waals surface area contributed by atoms with E-state index in [-0.39, 0.29) is 17.3 Å². The van der Waals surface area contributed by atoms with Gasteiger partial charge in [-0.1, -0.05) is 0 Å². The number of hydrogen-bond acceptors (Lipinski definition) is 4. The van der Waals surface area contributed by atoms with Crippen LogP contribution in [0.3, 0.4) is 0 Å². The molecule has 1 unspecified atom stereocenters. The van der Waals surface area contributed by atoms with Gasteiger partial charge < -0.3 is 10.2 Å². The van der Waals surface area contributed by atoms with E-state index >= 15 is 0 Å². The molecule has 7 heteroatoms. The highest BCUT2D eigenvalue weighted by molar-refractivity contribution is 5.79. The topological polar surface area (TPSA) is 67.2 Å². The Labute approximate surface area is 139 Å². The molecule has 0 aliphatic rings. The van der Waals surface area contributed by atoms with Gasteiger partial charge in [-0.15, -0.1) is 0 Å². The highest BCUT2D eigenvalue weighted by Crippen LogP contribution is 2.16. The fourth-order valence-electron chi connectivity index (χ4n) is 2.14. The van der Waals surface area contributed by atoms with Crippen LogP contribution in [0.15, 0.2) is 41.2 Å². The van der Waals surface area contributed by atoms with Crippen LogP contribution >= 0.6 is 0 Å². The lowest BCUT2D eigenvalue weighted by atomic mass is 10.1. The first-order valence-corrected chi connectivity index (χ1v) is 7.66. The second-order valence-electron chi connectivity index (χ2n) is 5.78. The maximum atomic E-state index is 13.0. The molecule has 1 N–H and O–H groups in total. The van der Waals surface area contributed by atoms with Gasteiger partial charge in [-0.25, -0.2) is 9.07 Å². The number of rotatable bonds is 6. The predicted molar refractivity (Wildman–Crippen MR) is 90.2 cm³/mol. The molecule has 0 radical (unpaired) electrons. The smallest absolute Gasteiger partial charge is 0.267 e. The van der Waals surface area contributed by atoms with Gasteiger partial charge in [0.15, 0.2) is 0 Å². The number of likely N-dealkylation sites (N-methyl/N-ethyl adjacent to an activating group) is 1. The molecule has 1 amide bonds. The molecule has 0 saturated heterocycles. The molecule has 0 fully saturated rings. The second kappa shape index (κ2) is 7.83. The third kappa shape index (κ3) is 4.48. The van der Waals surface area contributed by atoms with Gasteiger partial charge in [0, 0.05) is 24.7 Å². The van der Waals surface area contributed by atoms with Crippen molar-refractivity contribution in [2.45, 2.75) is 13.0 Å². The molecule has 0 aliphatic heterocycles. The van der Waals surface area contributed by atoms with Crippen LogP contribution in [-0.4, -0.2) is 47.8 Å². The molecule has 0 spiro atoms. The lowest BCUT2D eigenvalue weighted by Crippen LogP contribution is -2.39. The summed E-state index contributed by atoms with van der Waals surface area (Å²) in [6, 6.07) is 7.98. The summed E-state index contributed by atoms with van der Waals surface area (Å²) in [6.45, 7) is 2.81. The summed E-state index contributed by atoms with van der Waals surface area (Å²) in [7, 11) is 3.82. The molecule has 6 nitrogen and oxygen atoms in total. The number of aromatic nitrogens is 2. The molecule has 0 aliphatic carbocycles. The molecule has 1 aromatic carbocycles. The fraction of sp³-hybridized carbons (Fsp3) is 0.353. The van der Waals surface area contributed by atoms with Gasteiger partial charge in [-0.05, 0) is 51.4 Å². The summed E-state index contributed by atoms with van der Waals surface area (Å²) in [5, 5.41) is 7.02. The van der Waals surface area contributed by atoms with Crippen molar-refractivity contribution in [3.8, 4) is 11.3 Å². The van der Waals surface area contributed by atoms with Crippen molar-refractivity contribution in [1.29, 1.82) is 0 Å². The van der Waals surface area contributed by atoms with E-state index in [1.54, 1.807) is 25.1 Å². The van der Waals surface area contributed by atoms with E-state index in [9.17, 15) is 14.0 Å². The number of carbonyl (C=O) groups excluding carboxylic acids is 1. The predicted octanol–water partition coefficient (Wildman–Crippen LogP) is 1.29. The van der Waals surface area contributed by atoms with Crippen LogP contribution in [0.2, 0.25) is 0 Å². The van der Waals surface area contributed by atoms with Crippen LogP contribution in [0.25, 0.3) is 11.3 Å². The molecule has 1 aromatic heterocycles. The molecular weight excluding hydrogens is 311 g/mol. The van der Waals surface area contributed by atoms with Crippen molar-refractivity contribution in [3.63, 3.8) is 0 Å². The summed E-state index contributed by atoms with van der Waals surface area (Å²) in [5.41, 5.74) is 0.809. The number of benzene rings is 1. The monoisotopic (exact) mass is 332 g/mol. The fourth-order valence-corrected chi connectivity index (χ4v) is 2.14. The third-order valence-corrected chi connectivity index (χ3v) is 3.57. The first kappa shape index (κ1) is 17.8. The molecule has 128 valence electrons. The zero-order valence-corrected chi connectivity index (χ0v) is 14.0. The van der Waals surface area contributed by atoms with E-state index in [1.807, 2.05) is 19.0 Å². The van der Waals surface area contributed by atoms with Crippen molar-refractivity contribution < 1.29 is 9.18 Å². The van der Waals surface area contributed by atoms with Crippen molar-refractivity contribution in [2.75, 3.05) is 27.2 Å². The Morgan fingerprint density at radius 2 is 1.92 bits per heavy atom. The summed E-state index contributed by atoms with van der Waals surface area (Å²) >= 11 is 0. The van der Waals surface area contributed by atoms with E-state index in [0.717, 1.165) is 4.68 Å². The van der Waals surface area contributed by atoms with Gasteiger partial charge in [0.1, 0.15) is 11.9 Å². The standard InChI is InChI=1S/C17H21FN4O2/c1-12(17(24)19-10-11-21(2)3)22-16(23)9-8-15(20-22)13-4-6-14(18)7-5-13/h4-9,12H,10-11H2,1-3H3,(H,19,24). The number of carbonyl (C=O) groups is 1. The largest absolute Gasteiger partial charge is 0.353 e. The van der Waals surface area contributed by atoms with Crippen LogP contribution in [0, 0.1) is 5.82 Å². The van der Waals surface area contributed by atoms with E-state index in [1.165, 1.54) is 18.2 Å². The van der Waals surface area contributed by atoms with E-state index < -0.39 is 6.04 Å². The second-order valence-corrected chi connectivity index (χ2v) is 5.78. The highest BCUT2D eigenvalue weighted by Gasteiger charge is 2.17. The lowest BCUT2D eigenvalue weighted by molar-refractivity contribution is -0.124. The van der Waals surface area contributed by atoms with E-state index in [0.29, 0.717) is 24.3 Å². The van der Waals surface area contributed by atoms with Crippen molar-refractivity contribution in [3.05, 3.63) is 52.6 Å². The molecule has 2 aromatic rings. The number of nitrogens with one attached hydrogen (secondary N) is 1. The summed E-state index contributed by atoms with van der Waals surface area (Å²) in [6.07, 6.45) is 0. The number of amides is 1. The Kier molecular flexibility index (Phi) is 5.81. The Morgan fingerprint density at radius 3 is 2.54 bits per heavy atom. The van der Waals surface area contributed by atoms with E-state index in [4.69, 9.17) is 0 Å². The van der Waals surface area contributed by atoms with Gasteiger partial charge in [-0.2, -0.15) is 5.10 Å². The number of nitrogens with zero attached hydrogens (tertiary/aromatic N) is 3. The molecule has 0 saturated carbocycles. The molecule has 0 bridgehead atoms. The maximum absolute atomic E-state index is 13.0. The van der Waals surface area contributed by atoms with Crippen LogP contribution < -0.4 is 10.9 Å². The van der Waals surface area contributed by atoms with Gasteiger partial charge in [0.05, 0.1) is 5.69 Å². The minimum atomic E-state index is -0.736. The molecule has 1 heterocycles. The van der Waals surface area contributed by atoms with Gasteiger partial charge in [0.2, 0.25) is 5.91 Å². The summed E-state index contributed by atoms with van der Waals surface area (Å²) < 4.78 is 14.2. The quantitative estimate of drug-likeness (QED) is 0.865. The van der Waals surface area contributed by atoms with Gasteiger partial charge in [-0.3, -0.25) is 9.59 Å². The minimum absolute atomic E-state index is 0.275. The maximum Gasteiger partial charge on any atom is 0.267 e. The SMILES string of the molecule is CC(C(=O)NCCN(C)C)n1nc(-c2ccc(F)cc2)ccc1=O. The highest BCUT2D eigenvalue weighted by atomic mass is 19.1. The van der Waals surface area contributed by atoms with Gasteiger partial charge in [0.25, 0.3) is 5.56 Å². The summed E-state index contributed by atoms with van der Waals surface area (Å²) in [4.78, 5) is 26.2. The van der Waals surface area contributed by atoms with Crippen LogP contribution in [0.4, 0.5) is 4.39 Å². The van der Waals surface area contributed by atoms with Crippen molar-refractivity contribution in [1.82, 2.24) is 20.0 Å². The zero-order valence-electron chi connectivity index (χ0n) is 14.0. The molecular formula is C17H21FN4O2. The Bertz CT molecular complexity index is 756. The lowest BCUT2D eigenvalue weighted by Gasteiger charge is -2.16. The summed E-state index contributed by atoms with van der Waals surface area (Å²) in [5.74, 6) is -0.622. The van der Waals surface area contributed by atoms with Gasteiger partial charge >= 0.3 is 0 Å². The minimum Gasteiger partial charge on any atom is -0.353 e. The van der Waals surface area contributed by atoms with Crippen LogP contribution in [0.1, 0.15) is 13.0 Å². The Balaban J connectivity index is 2.20. The average Bonchev–Trinajstić information content (AvgIpc) is 2.55.